The third kappa shape index (κ3) is 7.73. The van der Waals surface area contributed by atoms with Crippen molar-refractivity contribution in [3.63, 3.8) is 0 Å². The van der Waals surface area contributed by atoms with E-state index in [0.29, 0.717) is 5.82 Å². The molecule has 77 heavy (non-hydrogen) atoms. The number of hydrogen-bond acceptors (Lipinski definition) is 3. The van der Waals surface area contributed by atoms with E-state index in [4.69, 9.17) is 9.97 Å². The minimum Gasteiger partial charge on any atom is -0.355 e. The van der Waals surface area contributed by atoms with Gasteiger partial charge in [-0.15, -0.1) is 0 Å². The minimum atomic E-state index is 0.658. The van der Waals surface area contributed by atoms with Gasteiger partial charge in [-0.05, 0) is 91.4 Å². The molecule has 0 saturated carbocycles. The number of nitrogens with one attached hydrogen (secondary N) is 1. The molecule has 14 aromatic rings. The van der Waals surface area contributed by atoms with Crippen LogP contribution < -0.4 is 5.32 Å². The predicted molar refractivity (Wildman–Crippen MR) is 324 cm³/mol. The van der Waals surface area contributed by atoms with Gasteiger partial charge in [-0.1, -0.05) is 195 Å². The molecule has 6 nitrogen and oxygen atoms in total. The molecule has 0 spiro atoms. The molecule has 0 radical (unpaired) electrons. The van der Waals surface area contributed by atoms with Crippen molar-refractivity contribution in [2.45, 2.75) is 6.92 Å². The van der Waals surface area contributed by atoms with Crippen LogP contribution in [0.25, 0.3) is 122 Å². The lowest BCUT2D eigenvalue weighted by atomic mass is 10.0. The molecular weight excluding hydrogens is 937 g/mol. The van der Waals surface area contributed by atoms with Crippen molar-refractivity contribution >= 4 is 82.4 Å². The lowest BCUT2D eigenvalue weighted by molar-refractivity contribution is 1.09. The van der Waals surface area contributed by atoms with E-state index in [2.05, 4.69) is 250 Å². The van der Waals surface area contributed by atoms with Gasteiger partial charge in [0.1, 0.15) is 0 Å². The largest absolute Gasteiger partial charge is 0.355 e. The zero-order valence-electron chi connectivity index (χ0n) is 42.3. The predicted octanol–water partition coefficient (Wildman–Crippen LogP) is 18.7. The van der Waals surface area contributed by atoms with Crippen LogP contribution in [0.4, 0.5) is 11.4 Å². The SMILES string of the molecule is C=C(/C=C\C=C/C)c1ccccc1Nc1ccc2c(c1)c1ccccc1n2-c1c(-c2cc(-c3ccccc3)nc(-c3ccccc3)n2)cccc1-n1c2ccccc2c2cc(-n3c4ccccc4c4ccccc43)ccc21. The van der Waals surface area contributed by atoms with Crippen molar-refractivity contribution in [2.75, 3.05) is 5.32 Å². The first-order valence-corrected chi connectivity index (χ1v) is 26.1. The van der Waals surface area contributed by atoms with Gasteiger partial charge in [0.2, 0.25) is 0 Å². The molecule has 14 rings (SSSR count). The van der Waals surface area contributed by atoms with E-state index < -0.39 is 0 Å². The van der Waals surface area contributed by atoms with Crippen LogP contribution >= 0.6 is 0 Å². The molecule has 0 bridgehead atoms. The summed E-state index contributed by atoms with van der Waals surface area (Å²) in [6.45, 7) is 6.45. The number of benzene rings is 10. The van der Waals surface area contributed by atoms with Crippen LogP contribution in [0.1, 0.15) is 12.5 Å². The van der Waals surface area contributed by atoms with Crippen molar-refractivity contribution in [3.8, 4) is 51.0 Å². The summed E-state index contributed by atoms with van der Waals surface area (Å²) in [5.74, 6) is 0.658. The van der Waals surface area contributed by atoms with Crippen molar-refractivity contribution in [1.29, 1.82) is 0 Å². The third-order valence-corrected chi connectivity index (χ3v) is 14.9. The van der Waals surface area contributed by atoms with E-state index in [0.717, 1.165) is 106 Å². The first-order chi connectivity index (χ1) is 38.1. The fourth-order valence-corrected chi connectivity index (χ4v) is 11.5. The molecule has 0 unspecified atom stereocenters. The molecule has 0 aliphatic carbocycles. The van der Waals surface area contributed by atoms with Crippen LogP contribution in [0.2, 0.25) is 0 Å². The van der Waals surface area contributed by atoms with Crippen molar-refractivity contribution in [1.82, 2.24) is 23.7 Å². The van der Waals surface area contributed by atoms with Gasteiger partial charge in [-0.2, -0.15) is 0 Å². The zero-order chi connectivity index (χ0) is 51.4. The Morgan fingerprint density at radius 2 is 0.961 bits per heavy atom. The van der Waals surface area contributed by atoms with Crippen molar-refractivity contribution in [3.05, 3.63) is 279 Å². The lowest BCUT2D eigenvalue weighted by Crippen LogP contribution is -2.07. The van der Waals surface area contributed by atoms with Gasteiger partial charge in [0.25, 0.3) is 0 Å². The van der Waals surface area contributed by atoms with E-state index in [9.17, 15) is 0 Å². The number of para-hydroxylation sites is 6. The number of anilines is 2. The Kier molecular flexibility index (Phi) is 11.1. The van der Waals surface area contributed by atoms with Gasteiger partial charge in [-0.3, -0.25) is 0 Å². The maximum atomic E-state index is 5.51. The van der Waals surface area contributed by atoms with Crippen LogP contribution in [-0.4, -0.2) is 23.7 Å². The molecular formula is C71H50N6. The van der Waals surface area contributed by atoms with Crippen LogP contribution in [0.15, 0.2) is 274 Å². The summed E-state index contributed by atoms with van der Waals surface area (Å²) in [6.07, 6.45) is 8.12. The summed E-state index contributed by atoms with van der Waals surface area (Å²) in [7, 11) is 0. The Morgan fingerprint density at radius 3 is 1.65 bits per heavy atom. The topological polar surface area (TPSA) is 52.6 Å². The maximum absolute atomic E-state index is 5.51. The fourth-order valence-electron chi connectivity index (χ4n) is 11.5. The maximum Gasteiger partial charge on any atom is 0.160 e. The van der Waals surface area contributed by atoms with Crippen molar-refractivity contribution < 1.29 is 0 Å². The number of rotatable bonds is 11. The van der Waals surface area contributed by atoms with Gasteiger partial charge < -0.3 is 19.0 Å². The second-order valence-corrected chi connectivity index (χ2v) is 19.5. The number of nitrogens with zero attached hydrogens (tertiary/aromatic N) is 5. The first kappa shape index (κ1) is 45.3. The van der Waals surface area contributed by atoms with Gasteiger partial charge in [0.05, 0.1) is 55.9 Å². The van der Waals surface area contributed by atoms with E-state index in [-0.39, 0.29) is 0 Å². The van der Waals surface area contributed by atoms with Crippen LogP contribution in [0.3, 0.4) is 0 Å². The minimum absolute atomic E-state index is 0.658. The van der Waals surface area contributed by atoms with E-state index >= 15 is 0 Å². The quantitative estimate of drug-likeness (QED) is 0.131. The van der Waals surface area contributed by atoms with Crippen LogP contribution in [-0.2, 0) is 0 Å². The molecule has 0 fully saturated rings. The molecule has 0 aliphatic heterocycles. The highest BCUT2D eigenvalue weighted by Crippen LogP contribution is 2.44. The lowest BCUT2D eigenvalue weighted by Gasteiger charge is -2.21. The highest BCUT2D eigenvalue weighted by molar-refractivity contribution is 6.14. The Labute approximate surface area is 446 Å². The highest BCUT2D eigenvalue weighted by Gasteiger charge is 2.25. The summed E-state index contributed by atoms with van der Waals surface area (Å²) in [5, 5.41) is 10.8. The summed E-state index contributed by atoms with van der Waals surface area (Å²) in [6, 6.07) is 86.7. The Balaban J connectivity index is 1.04. The van der Waals surface area contributed by atoms with E-state index in [1.165, 1.54) is 27.2 Å². The number of allylic oxidation sites excluding steroid dienone is 5. The molecule has 4 aromatic heterocycles. The summed E-state index contributed by atoms with van der Waals surface area (Å²) < 4.78 is 7.33. The third-order valence-electron chi connectivity index (χ3n) is 14.9. The second kappa shape index (κ2) is 18.9. The summed E-state index contributed by atoms with van der Waals surface area (Å²) >= 11 is 0. The molecule has 0 saturated heterocycles. The first-order valence-electron chi connectivity index (χ1n) is 26.1. The highest BCUT2D eigenvalue weighted by atomic mass is 15.1. The summed E-state index contributed by atoms with van der Waals surface area (Å²) in [5.41, 5.74) is 18.3. The second-order valence-electron chi connectivity index (χ2n) is 19.5. The average Bonchev–Trinajstić information content (AvgIpc) is 4.31. The molecule has 4 heterocycles. The van der Waals surface area contributed by atoms with Gasteiger partial charge in [0, 0.05) is 71.6 Å². The Morgan fingerprint density at radius 1 is 0.429 bits per heavy atom. The van der Waals surface area contributed by atoms with Gasteiger partial charge in [-0.25, -0.2) is 9.97 Å². The Hall–Kier alpha value is -10.3. The average molecular weight is 987 g/mol. The van der Waals surface area contributed by atoms with E-state index in [1.54, 1.807) is 0 Å². The molecule has 0 aliphatic rings. The fraction of sp³-hybridized carbons (Fsp3) is 0.0141. The van der Waals surface area contributed by atoms with Crippen molar-refractivity contribution in [2.24, 2.45) is 0 Å². The molecule has 364 valence electrons. The molecule has 1 N–H and O–H groups in total. The molecule has 10 aromatic carbocycles. The zero-order valence-corrected chi connectivity index (χ0v) is 42.3. The number of aromatic nitrogens is 5. The van der Waals surface area contributed by atoms with E-state index in [1.807, 2.05) is 49.4 Å². The monoisotopic (exact) mass is 986 g/mol. The molecule has 6 heteroatoms. The number of hydrogen-bond donors (Lipinski definition) is 1. The van der Waals surface area contributed by atoms with Gasteiger partial charge in [0.15, 0.2) is 5.82 Å². The Bertz CT molecular complexity index is 4570. The molecule has 0 atom stereocenters. The van der Waals surface area contributed by atoms with Crippen LogP contribution in [0.5, 0.6) is 0 Å². The standard InChI is InChI=1S/C71H50N6/c1-3-4-7-23-47(2)52-28-12-17-34-60(52)72-50-40-42-68-58(44-50)55-31-16-21-38-66(55)77(68)70-57(62-46-61(48-24-8-5-9-25-48)73-71(74-62)49-26-10-6-11-27-49)33-22-39-69(70)76-65-37-20-15-32-56(65)59-45-51(41-43-67(59)76)75-63-35-18-13-29-53(63)54-30-14-19-36-64(54)75/h3-46,72H,2H2,1H3/b4-3-,23-7-. The number of fused-ring (bicyclic) bond motifs is 9. The smallest absolute Gasteiger partial charge is 0.160 e. The molecule has 0 amide bonds. The van der Waals surface area contributed by atoms with Gasteiger partial charge >= 0.3 is 0 Å². The summed E-state index contributed by atoms with van der Waals surface area (Å²) in [4.78, 5) is 10.8. The normalized spacial score (nSPS) is 11.9. The van der Waals surface area contributed by atoms with Crippen LogP contribution in [0, 0.1) is 0 Å².